The van der Waals surface area contributed by atoms with Gasteiger partial charge in [-0.3, -0.25) is 4.99 Å². The van der Waals surface area contributed by atoms with Crippen LogP contribution in [0.2, 0.25) is 0 Å². The molecular weight excluding hydrogens is 282 g/mol. The molecular formula is C16H15N3O3. The van der Waals surface area contributed by atoms with E-state index >= 15 is 0 Å². The van der Waals surface area contributed by atoms with Crippen LogP contribution in [0, 0.1) is 0 Å². The summed E-state index contributed by atoms with van der Waals surface area (Å²) in [5.74, 6) is 0.103. The minimum atomic E-state index is -0.997. The van der Waals surface area contributed by atoms with Gasteiger partial charge in [0.05, 0.1) is 0 Å². The maximum atomic E-state index is 12.4. The summed E-state index contributed by atoms with van der Waals surface area (Å²) in [6, 6.07) is 9.55. The molecule has 0 amide bonds. The topological polar surface area (TPSA) is 77.6 Å². The molecule has 1 aliphatic heterocycles. The number of carbonyl (C=O) groups is 1. The van der Waals surface area contributed by atoms with Crippen LogP contribution >= 0.6 is 0 Å². The van der Waals surface area contributed by atoms with E-state index in [1.165, 1.54) is 6.33 Å². The second kappa shape index (κ2) is 6.34. The second-order valence-electron chi connectivity index (χ2n) is 4.96. The van der Waals surface area contributed by atoms with E-state index in [9.17, 15) is 4.79 Å². The number of hydrogen-bond donors (Lipinski definition) is 0. The number of allylic oxidation sites excluding steroid dienone is 1. The normalized spacial score (nSPS) is 19.5. The Bertz CT molecular complexity index is 666. The van der Waals surface area contributed by atoms with Gasteiger partial charge in [-0.1, -0.05) is 35.5 Å². The monoisotopic (exact) mass is 297 g/mol. The molecule has 1 aliphatic rings. The molecule has 0 aliphatic carbocycles. The molecule has 1 aromatic carbocycles. The molecule has 22 heavy (non-hydrogen) atoms. The van der Waals surface area contributed by atoms with E-state index in [2.05, 4.69) is 15.1 Å². The number of ether oxygens (including phenoxy) is 1. The van der Waals surface area contributed by atoms with Crippen LogP contribution in [0.5, 0.6) is 0 Å². The minimum Gasteiger partial charge on any atom is -0.459 e. The highest BCUT2D eigenvalue weighted by Crippen LogP contribution is 2.25. The first-order chi connectivity index (χ1) is 10.8. The largest absolute Gasteiger partial charge is 0.459 e. The minimum absolute atomic E-state index is 0.228. The van der Waals surface area contributed by atoms with Gasteiger partial charge in [0.25, 0.3) is 0 Å². The third-order valence-electron chi connectivity index (χ3n) is 3.46. The van der Waals surface area contributed by atoms with Gasteiger partial charge in [-0.15, -0.1) is 0 Å². The van der Waals surface area contributed by atoms with Gasteiger partial charge in [-0.25, -0.2) is 4.79 Å². The van der Waals surface area contributed by atoms with Gasteiger partial charge in [0.1, 0.15) is 6.61 Å². The average molecular weight is 297 g/mol. The summed E-state index contributed by atoms with van der Waals surface area (Å²) >= 11 is 0. The number of aryl methyl sites for hydroxylation is 1. The second-order valence-corrected chi connectivity index (χ2v) is 4.96. The Labute approximate surface area is 127 Å². The molecule has 0 fully saturated rings. The van der Waals surface area contributed by atoms with Crippen LogP contribution < -0.4 is 0 Å². The first-order valence-corrected chi connectivity index (χ1v) is 6.98. The summed E-state index contributed by atoms with van der Waals surface area (Å²) in [6.45, 7) is 0.228. The molecule has 2 aromatic rings. The fourth-order valence-corrected chi connectivity index (χ4v) is 2.24. The van der Waals surface area contributed by atoms with Crippen LogP contribution in [0.1, 0.15) is 17.9 Å². The Morgan fingerprint density at radius 1 is 1.27 bits per heavy atom. The van der Waals surface area contributed by atoms with E-state index < -0.39 is 5.54 Å². The molecule has 1 unspecified atom stereocenters. The lowest BCUT2D eigenvalue weighted by molar-refractivity contribution is -0.149. The number of rotatable bonds is 6. The Kier molecular flexibility index (Phi) is 4.09. The van der Waals surface area contributed by atoms with Gasteiger partial charge in [-0.2, -0.15) is 4.98 Å². The van der Waals surface area contributed by atoms with Gasteiger partial charge >= 0.3 is 5.97 Å². The van der Waals surface area contributed by atoms with Gasteiger partial charge in [0.2, 0.25) is 5.89 Å². The van der Waals surface area contributed by atoms with Crippen LogP contribution in [0.4, 0.5) is 0 Å². The summed E-state index contributed by atoms with van der Waals surface area (Å²) in [5.41, 5.74) is -0.0580. The molecule has 1 aromatic heterocycles. The number of aliphatic imine (C=N–C) groups is 1. The van der Waals surface area contributed by atoms with Crippen LogP contribution in [0.3, 0.4) is 0 Å². The average Bonchev–Trinajstić information content (AvgIpc) is 3.24. The molecule has 0 spiro atoms. The van der Waals surface area contributed by atoms with Crippen molar-refractivity contribution in [3.63, 3.8) is 0 Å². The van der Waals surface area contributed by atoms with Gasteiger partial charge in [0, 0.05) is 12.6 Å². The summed E-state index contributed by atoms with van der Waals surface area (Å²) in [4.78, 5) is 20.7. The Morgan fingerprint density at radius 3 is 2.82 bits per heavy atom. The van der Waals surface area contributed by atoms with E-state index in [4.69, 9.17) is 9.26 Å². The number of benzene rings is 1. The number of hydrogen-bond acceptors (Lipinski definition) is 6. The predicted molar refractivity (Wildman–Crippen MR) is 79.2 cm³/mol. The van der Waals surface area contributed by atoms with E-state index in [-0.39, 0.29) is 12.6 Å². The Hall–Kier alpha value is -2.76. The van der Waals surface area contributed by atoms with Crippen molar-refractivity contribution in [2.24, 2.45) is 4.99 Å². The lowest BCUT2D eigenvalue weighted by atomic mass is 9.95. The zero-order valence-corrected chi connectivity index (χ0v) is 11.9. The fourth-order valence-electron chi connectivity index (χ4n) is 2.24. The molecule has 112 valence electrons. The molecule has 0 bridgehead atoms. The van der Waals surface area contributed by atoms with Crippen molar-refractivity contribution in [1.82, 2.24) is 10.1 Å². The van der Waals surface area contributed by atoms with Gasteiger partial charge < -0.3 is 9.26 Å². The first kappa shape index (κ1) is 14.2. The van der Waals surface area contributed by atoms with Crippen LogP contribution in [-0.2, 0) is 22.6 Å². The van der Waals surface area contributed by atoms with Crippen LogP contribution in [0.25, 0.3) is 0 Å². The molecule has 6 nitrogen and oxygen atoms in total. The quantitative estimate of drug-likeness (QED) is 0.763. The maximum Gasteiger partial charge on any atom is 0.338 e. The van der Waals surface area contributed by atoms with Gasteiger partial charge in [0.15, 0.2) is 11.9 Å². The summed E-state index contributed by atoms with van der Waals surface area (Å²) in [5, 5.41) is 3.55. The fraction of sp³-hybridized carbons (Fsp3) is 0.250. The third-order valence-corrected chi connectivity index (χ3v) is 3.46. The van der Waals surface area contributed by atoms with Crippen LogP contribution in [-0.4, -0.2) is 27.9 Å². The number of nitrogens with zero attached hydrogens (tertiary/aromatic N) is 3. The molecule has 0 saturated heterocycles. The molecule has 0 radical (unpaired) electrons. The third kappa shape index (κ3) is 3.11. The van der Waals surface area contributed by atoms with Crippen LogP contribution in [0.15, 0.2) is 58.3 Å². The van der Waals surface area contributed by atoms with Crippen molar-refractivity contribution in [3.05, 3.63) is 60.3 Å². The number of carbonyl (C=O) groups excluding carboxylic acids is 1. The summed E-state index contributed by atoms with van der Waals surface area (Å²) in [6.07, 6.45) is 7.33. The summed E-state index contributed by atoms with van der Waals surface area (Å²) < 4.78 is 10.4. The van der Waals surface area contributed by atoms with Crippen molar-refractivity contribution in [3.8, 4) is 0 Å². The molecule has 3 rings (SSSR count). The van der Waals surface area contributed by atoms with Crippen molar-refractivity contribution in [2.75, 3.05) is 0 Å². The van der Waals surface area contributed by atoms with E-state index in [0.29, 0.717) is 18.7 Å². The van der Waals surface area contributed by atoms with Crippen molar-refractivity contribution < 1.29 is 14.1 Å². The first-order valence-electron chi connectivity index (χ1n) is 6.98. The Balaban J connectivity index is 1.64. The molecule has 6 heteroatoms. The van der Waals surface area contributed by atoms with E-state index in [1.807, 2.05) is 30.3 Å². The zero-order valence-electron chi connectivity index (χ0n) is 11.9. The smallest absolute Gasteiger partial charge is 0.338 e. The standard InChI is InChI=1S/C16H15N3O3/c20-15(21-11-13-5-2-1-3-6-13)16(8-4-10-18-16)9-7-14-17-12-19-22-14/h1-6,8,10,12H,7,9,11H2. The molecule has 1 atom stereocenters. The molecule has 0 N–H and O–H groups in total. The highest BCUT2D eigenvalue weighted by molar-refractivity contribution is 5.91. The highest BCUT2D eigenvalue weighted by Gasteiger charge is 2.38. The zero-order chi connectivity index (χ0) is 15.3. The van der Waals surface area contributed by atoms with Gasteiger partial charge in [-0.05, 0) is 24.1 Å². The SMILES string of the molecule is O=C(OCc1ccccc1)C1(CCc2ncno2)C=CC=N1. The van der Waals surface area contributed by atoms with E-state index in [0.717, 1.165) is 5.56 Å². The number of esters is 1. The Morgan fingerprint density at radius 2 is 2.14 bits per heavy atom. The number of aromatic nitrogens is 2. The molecule has 2 heterocycles. The lowest BCUT2D eigenvalue weighted by Gasteiger charge is -2.21. The van der Waals surface area contributed by atoms with E-state index in [1.54, 1.807) is 18.4 Å². The maximum absolute atomic E-state index is 12.4. The highest BCUT2D eigenvalue weighted by atomic mass is 16.5. The molecule has 0 saturated carbocycles. The van der Waals surface area contributed by atoms with Crippen molar-refractivity contribution >= 4 is 12.2 Å². The predicted octanol–water partition coefficient (Wildman–Crippen LogP) is 2.12. The summed E-state index contributed by atoms with van der Waals surface area (Å²) in [7, 11) is 0. The van der Waals surface area contributed by atoms with Crippen molar-refractivity contribution in [1.29, 1.82) is 0 Å². The van der Waals surface area contributed by atoms with Crippen molar-refractivity contribution in [2.45, 2.75) is 25.0 Å². The lowest BCUT2D eigenvalue weighted by Crippen LogP contribution is -2.35.